The Morgan fingerprint density at radius 3 is 2.67 bits per heavy atom. The molecule has 1 aliphatic rings. The van der Waals surface area contributed by atoms with Gasteiger partial charge in [-0.1, -0.05) is 36.4 Å². The number of nitrogens with zero attached hydrogens (tertiary/aromatic N) is 1. The van der Waals surface area contributed by atoms with Crippen LogP contribution in [0.25, 0.3) is 10.8 Å². The van der Waals surface area contributed by atoms with E-state index in [9.17, 15) is 4.79 Å². The minimum Gasteiger partial charge on any atom is -0.309 e. The Labute approximate surface area is 112 Å². The van der Waals surface area contributed by atoms with Crippen LogP contribution in [0.15, 0.2) is 42.5 Å². The molecule has 0 aliphatic carbocycles. The molecule has 2 aromatic rings. The number of amides is 1. The van der Waals surface area contributed by atoms with Crippen LogP contribution in [-0.4, -0.2) is 25.5 Å². The SMILES string of the molecule is Cl.O=C1CNCCN1c1cccc2ccccc12. The molecule has 0 aromatic heterocycles. The van der Waals surface area contributed by atoms with Crippen molar-refractivity contribution in [1.29, 1.82) is 0 Å². The molecule has 4 heteroatoms. The van der Waals surface area contributed by atoms with Gasteiger partial charge in [0.25, 0.3) is 0 Å². The van der Waals surface area contributed by atoms with E-state index in [-0.39, 0.29) is 18.3 Å². The summed E-state index contributed by atoms with van der Waals surface area (Å²) in [5.74, 6) is 0.146. The van der Waals surface area contributed by atoms with E-state index >= 15 is 0 Å². The lowest BCUT2D eigenvalue weighted by Crippen LogP contribution is -2.48. The number of halogens is 1. The fraction of sp³-hybridized carbons (Fsp3) is 0.214. The van der Waals surface area contributed by atoms with Crippen LogP contribution >= 0.6 is 12.4 Å². The highest BCUT2D eigenvalue weighted by molar-refractivity contribution is 6.04. The normalized spacial score (nSPS) is 15.6. The lowest BCUT2D eigenvalue weighted by molar-refractivity contribution is -0.118. The van der Waals surface area contributed by atoms with Crippen LogP contribution < -0.4 is 10.2 Å². The van der Waals surface area contributed by atoms with Gasteiger partial charge in [-0.3, -0.25) is 4.79 Å². The van der Waals surface area contributed by atoms with Crippen molar-refractivity contribution in [2.75, 3.05) is 24.5 Å². The fourth-order valence-corrected chi connectivity index (χ4v) is 2.30. The highest BCUT2D eigenvalue weighted by atomic mass is 35.5. The highest BCUT2D eigenvalue weighted by Crippen LogP contribution is 2.26. The van der Waals surface area contributed by atoms with E-state index in [4.69, 9.17) is 0 Å². The van der Waals surface area contributed by atoms with E-state index in [1.807, 2.05) is 29.2 Å². The smallest absolute Gasteiger partial charge is 0.241 e. The number of benzene rings is 2. The maximum atomic E-state index is 11.9. The Hall–Kier alpha value is -1.58. The molecule has 1 N–H and O–H groups in total. The van der Waals surface area contributed by atoms with E-state index in [1.54, 1.807) is 0 Å². The summed E-state index contributed by atoms with van der Waals surface area (Å²) in [4.78, 5) is 13.8. The van der Waals surface area contributed by atoms with E-state index in [1.165, 1.54) is 5.39 Å². The molecular formula is C14H15ClN2O. The third-order valence-corrected chi connectivity index (χ3v) is 3.15. The molecule has 0 saturated carbocycles. The Kier molecular flexibility index (Phi) is 3.84. The summed E-state index contributed by atoms with van der Waals surface area (Å²) < 4.78 is 0. The molecule has 2 aromatic carbocycles. The van der Waals surface area contributed by atoms with Gasteiger partial charge in [-0.25, -0.2) is 0 Å². The maximum absolute atomic E-state index is 11.9. The monoisotopic (exact) mass is 262 g/mol. The Bertz CT molecular complexity index is 565. The van der Waals surface area contributed by atoms with Crippen molar-refractivity contribution in [3.05, 3.63) is 42.5 Å². The predicted molar refractivity (Wildman–Crippen MR) is 76.4 cm³/mol. The summed E-state index contributed by atoms with van der Waals surface area (Å²) >= 11 is 0. The van der Waals surface area contributed by atoms with E-state index < -0.39 is 0 Å². The lowest BCUT2D eigenvalue weighted by Gasteiger charge is -2.28. The van der Waals surface area contributed by atoms with Crippen molar-refractivity contribution in [2.45, 2.75) is 0 Å². The van der Waals surface area contributed by atoms with Gasteiger partial charge in [-0.05, 0) is 11.5 Å². The van der Waals surface area contributed by atoms with Crippen LogP contribution in [-0.2, 0) is 4.79 Å². The Balaban J connectivity index is 0.00000120. The molecule has 0 radical (unpaired) electrons. The highest BCUT2D eigenvalue weighted by Gasteiger charge is 2.20. The molecule has 1 amide bonds. The zero-order valence-electron chi connectivity index (χ0n) is 9.93. The first-order valence-electron chi connectivity index (χ1n) is 5.85. The minimum atomic E-state index is 0. The summed E-state index contributed by atoms with van der Waals surface area (Å²) in [6.07, 6.45) is 0. The first-order valence-corrected chi connectivity index (χ1v) is 5.85. The van der Waals surface area contributed by atoms with Crippen LogP contribution in [0.2, 0.25) is 0 Å². The second-order valence-electron chi connectivity index (χ2n) is 4.22. The predicted octanol–water partition coefficient (Wildman–Crippen LogP) is 2.20. The molecule has 1 fully saturated rings. The number of fused-ring (bicyclic) bond motifs is 1. The minimum absolute atomic E-state index is 0. The van der Waals surface area contributed by atoms with Gasteiger partial charge in [0.05, 0.1) is 12.2 Å². The number of hydrogen-bond donors (Lipinski definition) is 1. The molecular weight excluding hydrogens is 248 g/mol. The second-order valence-corrected chi connectivity index (χ2v) is 4.22. The number of anilines is 1. The average molecular weight is 263 g/mol. The van der Waals surface area contributed by atoms with Gasteiger partial charge < -0.3 is 10.2 Å². The number of rotatable bonds is 1. The number of hydrogen-bond acceptors (Lipinski definition) is 2. The van der Waals surface area contributed by atoms with Crippen molar-refractivity contribution in [3.8, 4) is 0 Å². The van der Waals surface area contributed by atoms with Gasteiger partial charge in [-0.15, -0.1) is 12.4 Å². The van der Waals surface area contributed by atoms with Crippen LogP contribution in [0, 0.1) is 0 Å². The third-order valence-electron chi connectivity index (χ3n) is 3.15. The molecule has 0 atom stereocenters. The molecule has 3 nitrogen and oxygen atoms in total. The zero-order valence-corrected chi connectivity index (χ0v) is 10.7. The number of carbonyl (C=O) groups is 1. The van der Waals surface area contributed by atoms with Crippen LogP contribution in [0.4, 0.5) is 5.69 Å². The van der Waals surface area contributed by atoms with Crippen molar-refractivity contribution >= 4 is 34.8 Å². The van der Waals surface area contributed by atoms with Gasteiger partial charge in [-0.2, -0.15) is 0 Å². The van der Waals surface area contributed by atoms with Gasteiger partial charge in [0.2, 0.25) is 5.91 Å². The standard InChI is InChI=1S/C14H14N2O.ClH/c17-14-10-15-8-9-16(14)13-7-3-5-11-4-1-2-6-12(11)13;/h1-7,15H,8-10H2;1H. The van der Waals surface area contributed by atoms with Gasteiger partial charge >= 0.3 is 0 Å². The maximum Gasteiger partial charge on any atom is 0.241 e. The summed E-state index contributed by atoms with van der Waals surface area (Å²) in [7, 11) is 0. The van der Waals surface area contributed by atoms with Crippen LogP contribution in [0.5, 0.6) is 0 Å². The van der Waals surface area contributed by atoms with Gasteiger partial charge in [0.1, 0.15) is 0 Å². The summed E-state index contributed by atoms with van der Waals surface area (Å²) in [5, 5.41) is 5.41. The molecule has 0 spiro atoms. The summed E-state index contributed by atoms with van der Waals surface area (Å²) in [5.41, 5.74) is 1.02. The van der Waals surface area contributed by atoms with Crippen molar-refractivity contribution in [1.82, 2.24) is 5.32 Å². The number of carbonyl (C=O) groups excluding carboxylic acids is 1. The fourth-order valence-electron chi connectivity index (χ4n) is 2.30. The van der Waals surface area contributed by atoms with E-state index in [2.05, 4.69) is 23.5 Å². The third kappa shape index (κ3) is 2.19. The Morgan fingerprint density at radius 2 is 1.83 bits per heavy atom. The zero-order chi connectivity index (χ0) is 11.7. The topological polar surface area (TPSA) is 32.3 Å². The quantitative estimate of drug-likeness (QED) is 0.855. The van der Waals surface area contributed by atoms with Crippen LogP contribution in [0.3, 0.4) is 0 Å². The van der Waals surface area contributed by atoms with Gasteiger partial charge in [0, 0.05) is 18.5 Å². The average Bonchev–Trinajstić information content (AvgIpc) is 2.39. The second kappa shape index (κ2) is 5.38. The molecule has 3 rings (SSSR count). The first-order chi connectivity index (χ1) is 8.36. The molecule has 1 heterocycles. The Morgan fingerprint density at radius 1 is 1.06 bits per heavy atom. The van der Waals surface area contributed by atoms with E-state index in [0.717, 1.165) is 24.2 Å². The van der Waals surface area contributed by atoms with Gasteiger partial charge in [0.15, 0.2) is 0 Å². The van der Waals surface area contributed by atoms with Crippen molar-refractivity contribution in [3.63, 3.8) is 0 Å². The summed E-state index contributed by atoms with van der Waals surface area (Å²) in [6, 6.07) is 14.3. The lowest BCUT2D eigenvalue weighted by atomic mass is 10.1. The van der Waals surface area contributed by atoms with Crippen molar-refractivity contribution in [2.24, 2.45) is 0 Å². The van der Waals surface area contributed by atoms with Crippen LogP contribution in [0.1, 0.15) is 0 Å². The molecule has 0 unspecified atom stereocenters. The number of nitrogens with one attached hydrogen (secondary N) is 1. The molecule has 0 bridgehead atoms. The molecule has 1 aliphatic heterocycles. The first kappa shape index (κ1) is 12.9. The van der Waals surface area contributed by atoms with Crippen molar-refractivity contribution < 1.29 is 4.79 Å². The largest absolute Gasteiger partial charge is 0.309 e. The number of piperazine rings is 1. The summed E-state index contributed by atoms with van der Waals surface area (Å²) in [6.45, 7) is 2.03. The molecule has 18 heavy (non-hydrogen) atoms. The van der Waals surface area contributed by atoms with E-state index in [0.29, 0.717) is 6.54 Å². The molecule has 94 valence electrons. The molecule has 1 saturated heterocycles.